The molecule has 5 rings (SSSR count). The number of nitrogens with one attached hydrogen (secondary N) is 3. The summed E-state index contributed by atoms with van der Waals surface area (Å²) in [5.41, 5.74) is 4.04. The number of carbonyl (C=O) groups excluding carboxylic acids is 2. The normalized spacial score (nSPS) is 16.2. The molecule has 2 aliphatic rings. The lowest BCUT2D eigenvalue weighted by molar-refractivity contribution is -0.117. The molecule has 3 N–H and O–H groups in total. The lowest BCUT2D eigenvalue weighted by atomic mass is 9.99. The Morgan fingerprint density at radius 2 is 2.06 bits per heavy atom. The number of carbonyl (C=O) groups is 2. The van der Waals surface area contributed by atoms with Crippen LogP contribution in [-0.2, 0) is 18.3 Å². The summed E-state index contributed by atoms with van der Waals surface area (Å²) in [4.78, 5) is 26.7. The van der Waals surface area contributed by atoms with Crippen LogP contribution >= 0.6 is 0 Å². The van der Waals surface area contributed by atoms with Gasteiger partial charge in [-0.15, -0.1) is 10.2 Å². The predicted octanol–water partition coefficient (Wildman–Crippen LogP) is 2.28. The first-order valence-corrected chi connectivity index (χ1v) is 10.3. The highest BCUT2D eigenvalue weighted by atomic mass is 16.2. The summed E-state index contributed by atoms with van der Waals surface area (Å²) in [6.45, 7) is -1.92. The molecule has 164 valence electrons. The van der Waals surface area contributed by atoms with E-state index in [0.717, 1.165) is 34.3 Å². The van der Waals surface area contributed by atoms with E-state index in [2.05, 4.69) is 31.2 Å². The van der Waals surface area contributed by atoms with E-state index in [1.54, 1.807) is 12.3 Å². The van der Waals surface area contributed by atoms with Crippen molar-refractivity contribution in [2.45, 2.75) is 19.4 Å². The molecule has 0 spiro atoms. The molecule has 2 aromatic heterocycles. The van der Waals surface area contributed by atoms with Gasteiger partial charge in [0.1, 0.15) is 0 Å². The zero-order chi connectivity index (χ0) is 24.9. The van der Waals surface area contributed by atoms with Crippen molar-refractivity contribution in [3.63, 3.8) is 0 Å². The molecule has 0 unspecified atom stereocenters. The van der Waals surface area contributed by atoms with E-state index in [9.17, 15) is 9.59 Å². The van der Waals surface area contributed by atoms with E-state index in [4.69, 9.17) is 4.11 Å². The molecule has 32 heavy (non-hydrogen) atoms. The van der Waals surface area contributed by atoms with Crippen LogP contribution in [0.1, 0.15) is 33.0 Å². The minimum Gasteiger partial charge on any atom is -0.368 e. The monoisotopic (exact) mass is 435 g/mol. The fraction of sp³-hybridized carbons (Fsp3) is 0.318. The summed E-state index contributed by atoms with van der Waals surface area (Å²) in [6, 6.07) is 7.12. The Balaban J connectivity index is 1.55. The number of nitrogens with zero attached hydrogens (tertiary/aromatic N) is 5. The van der Waals surface area contributed by atoms with Gasteiger partial charge in [0, 0.05) is 61.0 Å². The number of para-hydroxylation sites is 1. The number of hydrogen-bond donors (Lipinski definition) is 3. The zero-order valence-electron chi connectivity index (χ0n) is 20.6. The number of rotatable bonds is 5. The molecule has 3 heterocycles. The van der Waals surface area contributed by atoms with Crippen molar-refractivity contribution >= 4 is 34.7 Å². The molecule has 1 aromatic carbocycles. The third kappa shape index (κ3) is 3.53. The highest BCUT2D eigenvalue weighted by Crippen LogP contribution is 2.43. The molecular weight excluding hydrogens is 408 g/mol. The van der Waals surface area contributed by atoms with Crippen LogP contribution in [0.4, 0.5) is 22.9 Å². The zero-order valence-corrected chi connectivity index (χ0v) is 17.6. The molecule has 0 radical (unpaired) electrons. The number of aromatic nitrogens is 4. The Labute approximate surface area is 189 Å². The van der Waals surface area contributed by atoms with Crippen LogP contribution in [0.5, 0.6) is 0 Å². The molecule has 10 nitrogen and oxygen atoms in total. The predicted molar refractivity (Wildman–Crippen MR) is 121 cm³/mol. The molecule has 1 saturated carbocycles. The van der Waals surface area contributed by atoms with E-state index < -0.39 is 12.9 Å². The Morgan fingerprint density at radius 1 is 1.22 bits per heavy atom. The smallest absolute Gasteiger partial charge is 0.273 e. The summed E-state index contributed by atoms with van der Waals surface area (Å²) in [5, 5.41) is 21.0. The van der Waals surface area contributed by atoms with Crippen LogP contribution in [0.3, 0.4) is 0 Å². The Morgan fingerprint density at radius 3 is 2.81 bits per heavy atom. The largest absolute Gasteiger partial charge is 0.368 e. The highest BCUT2D eigenvalue weighted by molar-refractivity contribution is 6.01. The number of anilines is 4. The maximum absolute atomic E-state index is 12.5. The van der Waals surface area contributed by atoms with Gasteiger partial charge < -0.3 is 20.9 Å². The number of benzene rings is 1. The van der Waals surface area contributed by atoms with E-state index in [0.29, 0.717) is 23.6 Å². The van der Waals surface area contributed by atoms with Crippen LogP contribution in [0.2, 0.25) is 0 Å². The first-order chi connectivity index (χ1) is 16.7. The average Bonchev–Trinajstić information content (AvgIpc) is 3.57. The summed E-state index contributed by atoms with van der Waals surface area (Å²) in [5.74, 6) is -0.316. The van der Waals surface area contributed by atoms with Gasteiger partial charge in [-0.05, 0) is 18.9 Å². The fourth-order valence-electron chi connectivity index (χ4n) is 3.89. The van der Waals surface area contributed by atoms with Crippen molar-refractivity contribution in [2.75, 3.05) is 29.6 Å². The molecule has 0 saturated heterocycles. The third-order valence-electron chi connectivity index (χ3n) is 5.58. The minimum absolute atomic E-state index is 0.00878. The van der Waals surface area contributed by atoms with E-state index in [1.807, 2.05) is 30.1 Å². The maximum Gasteiger partial charge on any atom is 0.273 e. The fourth-order valence-corrected chi connectivity index (χ4v) is 3.89. The van der Waals surface area contributed by atoms with Gasteiger partial charge in [-0.25, -0.2) is 0 Å². The molecule has 0 bridgehead atoms. The Bertz CT molecular complexity index is 1330. The molecule has 1 aliphatic carbocycles. The van der Waals surface area contributed by atoms with E-state index in [-0.39, 0.29) is 23.3 Å². The minimum atomic E-state index is -2.38. The lowest BCUT2D eigenvalue weighted by Crippen LogP contribution is -2.24. The number of amides is 2. The average molecular weight is 436 g/mol. The van der Waals surface area contributed by atoms with Gasteiger partial charge in [-0.3, -0.25) is 14.3 Å². The lowest BCUT2D eigenvalue weighted by Gasteiger charge is -2.29. The van der Waals surface area contributed by atoms with Crippen molar-refractivity contribution in [1.29, 1.82) is 0 Å². The standard InChI is InChI=1S/C22H24N8O2/c1-23-22(32)19-16(9-17(26-27-19)25-21(31)12-7-8-12)24-15-6-4-5-14-18-13(11-30(3)28-18)10-29(2)20(14)15/h4-6,9,11-12H,7-8,10H2,1-3H3,(H,23,32)(H2,24,25,26,31)/i3D3. The molecule has 0 atom stereocenters. The molecule has 1 fully saturated rings. The Hall–Kier alpha value is -3.95. The summed E-state index contributed by atoms with van der Waals surface area (Å²) < 4.78 is 24.1. The van der Waals surface area contributed by atoms with Crippen molar-refractivity contribution in [2.24, 2.45) is 12.9 Å². The van der Waals surface area contributed by atoms with Gasteiger partial charge in [0.15, 0.2) is 11.5 Å². The first kappa shape index (κ1) is 16.7. The molecule has 2 amide bonds. The second-order valence-corrected chi connectivity index (χ2v) is 7.96. The molecule has 10 heteroatoms. The van der Waals surface area contributed by atoms with Crippen LogP contribution in [0.25, 0.3) is 11.3 Å². The molecule has 3 aromatic rings. The quantitative estimate of drug-likeness (QED) is 0.563. The van der Waals surface area contributed by atoms with Gasteiger partial charge in [-0.1, -0.05) is 12.1 Å². The van der Waals surface area contributed by atoms with Gasteiger partial charge >= 0.3 is 0 Å². The van der Waals surface area contributed by atoms with Crippen molar-refractivity contribution in [3.05, 3.63) is 41.7 Å². The first-order valence-electron chi connectivity index (χ1n) is 11.8. The van der Waals surface area contributed by atoms with Gasteiger partial charge in [0.05, 0.1) is 22.8 Å². The van der Waals surface area contributed by atoms with E-state index in [1.165, 1.54) is 7.05 Å². The van der Waals surface area contributed by atoms with Crippen LogP contribution in [0, 0.1) is 5.92 Å². The second kappa shape index (κ2) is 7.63. The number of fused-ring (bicyclic) bond motifs is 3. The number of aryl methyl sites for hydroxylation is 1. The summed E-state index contributed by atoms with van der Waals surface area (Å²) in [6.07, 6.45) is 3.25. The van der Waals surface area contributed by atoms with Crippen LogP contribution in [-0.4, -0.2) is 45.9 Å². The number of hydrogen-bond acceptors (Lipinski definition) is 7. The van der Waals surface area contributed by atoms with Gasteiger partial charge in [0.2, 0.25) is 5.91 Å². The molecule has 1 aliphatic heterocycles. The van der Waals surface area contributed by atoms with Crippen LogP contribution in [0.15, 0.2) is 30.5 Å². The van der Waals surface area contributed by atoms with Crippen molar-refractivity contribution in [3.8, 4) is 11.3 Å². The van der Waals surface area contributed by atoms with Crippen molar-refractivity contribution in [1.82, 2.24) is 25.3 Å². The summed E-state index contributed by atoms with van der Waals surface area (Å²) in [7, 11) is 3.39. The SMILES string of the molecule is [2H]C([2H])([2H])n1cc2c(n1)-c1cccc(Nc3cc(NC(=O)C4CC4)nnc3C(=O)NC)c1N(C)C2. The van der Waals surface area contributed by atoms with Crippen LogP contribution < -0.4 is 20.9 Å². The topological polar surface area (TPSA) is 117 Å². The van der Waals surface area contributed by atoms with Crippen molar-refractivity contribution < 1.29 is 13.7 Å². The van der Waals surface area contributed by atoms with Gasteiger partial charge in [0.25, 0.3) is 5.91 Å². The third-order valence-corrected chi connectivity index (χ3v) is 5.58. The van der Waals surface area contributed by atoms with Gasteiger partial charge in [-0.2, -0.15) is 5.10 Å². The maximum atomic E-state index is 12.5. The highest BCUT2D eigenvalue weighted by Gasteiger charge is 2.30. The Kier molecular flexibility index (Phi) is 3.98. The summed E-state index contributed by atoms with van der Waals surface area (Å²) >= 11 is 0. The second-order valence-electron chi connectivity index (χ2n) is 7.96. The van der Waals surface area contributed by atoms with E-state index >= 15 is 0 Å². The molecular formula is C22H24N8O2.